The van der Waals surface area contributed by atoms with Gasteiger partial charge in [-0.05, 0) is 13.8 Å². The standard InChI is InChI=1S/C11H18N2O5/c1-3-12-11(16)13-7-8-18-10(15)6-5-9(14)17-4-2/h5-6H,3-4,7-8H2,1-2H3,(H2,12,13,16)/b6-5+. The molecule has 0 aliphatic rings. The topological polar surface area (TPSA) is 93.7 Å². The Morgan fingerprint density at radius 3 is 2.17 bits per heavy atom. The van der Waals surface area contributed by atoms with Crippen molar-refractivity contribution in [2.24, 2.45) is 0 Å². The number of carbonyl (C=O) groups is 3. The Labute approximate surface area is 106 Å². The molecule has 0 aromatic rings. The van der Waals surface area contributed by atoms with Crippen LogP contribution in [0.15, 0.2) is 12.2 Å². The summed E-state index contributed by atoms with van der Waals surface area (Å²) in [5.41, 5.74) is 0. The molecule has 0 aromatic heterocycles. The fourth-order valence-corrected chi connectivity index (χ4v) is 0.914. The van der Waals surface area contributed by atoms with Crippen molar-refractivity contribution in [3.63, 3.8) is 0 Å². The highest BCUT2D eigenvalue weighted by Crippen LogP contribution is 1.85. The van der Waals surface area contributed by atoms with Crippen molar-refractivity contribution >= 4 is 18.0 Å². The van der Waals surface area contributed by atoms with Gasteiger partial charge < -0.3 is 20.1 Å². The lowest BCUT2D eigenvalue weighted by Gasteiger charge is -2.05. The second-order valence-electron chi connectivity index (χ2n) is 3.04. The fourth-order valence-electron chi connectivity index (χ4n) is 0.914. The first-order valence-corrected chi connectivity index (χ1v) is 5.63. The lowest BCUT2D eigenvalue weighted by molar-refractivity contribution is -0.140. The molecule has 0 bridgehead atoms. The summed E-state index contributed by atoms with van der Waals surface area (Å²) >= 11 is 0. The smallest absolute Gasteiger partial charge is 0.331 e. The zero-order chi connectivity index (χ0) is 13.8. The van der Waals surface area contributed by atoms with E-state index in [4.69, 9.17) is 4.74 Å². The molecule has 0 saturated heterocycles. The van der Waals surface area contributed by atoms with Crippen LogP contribution in [-0.2, 0) is 19.1 Å². The molecule has 0 radical (unpaired) electrons. The molecule has 0 aliphatic carbocycles. The Morgan fingerprint density at radius 2 is 1.61 bits per heavy atom. The number of rotatable bonds is 7. The second-order valence-corrected chi connectivity index (χ2v) is 3.04. The molecule has 7 nitrogen and oxygen atoms in total. The lowest BCUT2D eigenvalue weighted by atomic mass is 10.5. The van der Waals surface area contributed by atoms with E-state index in [9.17, 15) is 14.4 Å². The third kappa shape index (κ3) is 9.20. The fraction of sp³-hybridized carbons (Fsp3) is 0.545. The largest absolute Gasteiger partial charge is 0.463 e. The van der Waals surface area contributed by atoms with Gasteiger partial charge in [0.2, 0.25) is 0 Å². The summed E-state index contributed by atoms with van der Waals surface area (Å²) in [6.07, 6.45) is 1.97. The van der Waals surface area contributed by atoms with Crippen molar-refractivity contribution in [3.8, 4) is 0 Å². The number of nitrogens with one attached hydrogen (secondary N) is 2. The van der Waals surface area contributed by atoms with Crippen molar-refractivity contribution in [3.05, 3.63) is 12.2 Å². The Bertz CT molecular complexity index is 315. The Balaban J connectivity index is 3.65. The van der Waals surface area contributed by atoms with Crippen LogP contribution in [0.25, 0.3) is 0 Å². The van der Waals surface area contributed by atoms with Gasteiger partial charge in [-0.25, -0.2) is 14.4 Å². The molecule has 0 saturated carbocycles. The van der Waals surface area contributed by atoms with Crippen molar-refractivity contribution in [1.82, 2.24) is 10.6 Å². The summed E-state index contributed by atoms with van der Waals surface area (Å²) in [4.78, 5) is 32.9. The third-order valence-electron chi connectivity index (χ3n) is 1.61. The number of amides is 2. The minimum Gasteiger partial charge on any atom is -0.463 e. The summed E-state index contributed by atoms with van der Waals surface area (Å²) in [7, 11) is 0. The Morgan fingerprint density at radius 1 is 1.00 bits per heavy atom. The maximum absolute atomic E-state index is 11.1. The predicted molar refractivity (Wildman–Crippen MR) is 63.8 cm³/mol. The molecule has 7 heteroatoms. The SMILES string of the molecule is CCNC(=O)NCCOC(=O)/C=C/C(=O)OCC. The monoisotopic (exact) mass is 258 g/mol. The zero-order valence-corrected chi connectivity index (χ0v) is 10.5. The summed E-state index contributed by atoms with van der Waals surface area (Å²) in [6, 6.07) is -0.324. The summed E-state index contributed by atoms with van der Waals surface area (Å²) < 4.78 is 9.30. The number of ether oxygens (including phenoxy) is 2. The molecule has 18 heavy (non-hydrogen) atoms. The quantitative estimate of drug-likeness (QED) is 0.380. The van der Waals surface area contributed by atoms with E-state index in [-0.39, 0.29) is 25.8 Å². The number of urea groups is 1. The van der Waals surface area contributed by atoms with Crippen LogP contribution in [0.3, 0.4) is 0 Å². The summed E-state index contributed by atoms with van der Waals surface area (Å²) in [6.45, 7) is 4.45. The number of hydrogen-bond acceptors (Lipinski definition) is 5. The normalized spacial score (nSPS) is 9.89. The van der Waals surface area contributed by atoms with Crippen LogP contribution in [0.5, 0.6) is 0 Å². The molecular formula is C11H18N2O5. The van der Waals surface area contributed by atoms with Crippen LogP contribution in [0.2, 0.25) is 0 Å². The highest BCUT2D eigenvalue weighted by atomic mass is 16.5. The molecule has 0 aliphatic heterocycles. The van der Waals surface area contributed by atoms with Gasteiger partial charge in [0.1, 0.15) is 6.61 Å². The molecule has 0 unspecified atom stereocenters. The van der Waals surface area contributed by atoms with Gasteiger partial charge >= 0.3 is 18.0 Å². The third-order valence-corrected chi connectivity index (χ3v) is 1.61. The van der Waals surface area contributed by atoms with Gasteiger partial charge in [0.25, 0.3) is 0 Å². The van der Waals surface area contributed by atoms with Crippen molar-refractivity contribution in [2.45, 2.75) is 13.8 Å². The zero-order valence-electron chi connectivity index (χ0n) is 10.5. The van der Waals surface area contributed by atoms with Gasteiger partial charge in [0.15, 0.2) is 0 Å². The van der Waals surface area contributed by atoms with E-state index < -0.39 is 11.9 Å². The average Bonchev–Trinajstić information content (AvgIpc) is 2.33. The van der Waals surface area contributed by atoms with Crippen molar-refractivity contribution in [1.29, 1.82) is 0 Å². The molecule has 2 amide bonds. The van der Waals surface area contributed by atoms with Gasteiger partial charge in [0, 0.05) is 18.7 Å². The predicted octanol–water partition coefficient (Wildman–Crippen LogP) is -0.0320. The van der Waals surface area contributed by atoms with E-state index >= 15 is 0 Å². The highest BCUT2D eigenvalue weighted by molar-refractivity contribution is 5.91. The van der Waals surface area contributed by atoms with E-state index in [0.717, 1.165) is 12.2 Å². The maximum atomic E-state index is 11.1. The van der Waals surface area contributed by atoms with Crippen LogP contribution < -0.4 is 10.6 Å². The molecule has 0 spiro atoms. The molecule has 0 fully saturated rings. The van der Waals surface area contributed by atoms with Gasteiger partial charge in [-0.1, -0.05) is 0 Å². The van der Waals surface area contributed by atoms with Gasteiger partial charge in [-0.15, -0.1) is 0 Å². The first-order chi connectivity index (χ1) is 8.60. The molecule has 2 N–H and O–H groups in total. The maximum Gasteiger partial charge on any atom is 0.331 e. The number of hydrogen-bond donors (Lipinski definition) is 2. The molecule has 0 atom stereocenters. The van der Waals surface area contributed by atoms with Gasteiger partial charge in [0.05, 0.1) is 13.2 Å². The number of esters is 2. The Kier molecular flexibility index (Phi) is 8.97. The van der Waals surface area contributed by atoms with Crippen LogP contribution in [-0.4, -0.2) is 44.3 Å². The van der Waals surface area contributed by atoms with E-state index in [0.29, 0.717) is 6.54 Å². The van der Waals surface area contributed by atoms with E-state index in [1.54, 1.807) is 13.8 Å². The first-order valence-electron chi connectivity index (χ1n) is 5.63. The molecular weight excluding hydrogens is 240 g/mol. The second kappa shape index (κ2) is 10.1. The van der Waals surface area contributed by atoms with E-state index in [1.807, 2.05) is 0 Å². The van der Waals surface area contributed by atoms with E-state index in [2.05, 4.69) is 15.4 Å². The molecule has 0 rings (SSSR count). The highest BCUT2D eigenvalue weighted by Gasteiger charge is 2.01. The van der Waals surface area contributed by atoms with Crippen molar-refractivity contribution in [2.75, 3.05) is 26.3 Å². The molecule has 0 heterocycles. The minimum absolute atomic E-state index is 0.0309. The van der Waals surface area contributed by atoms with Crippen LogP contribution in [0.4, 0.5) is 4.79 Å². The molecule has 0 aromatic carbocycles. The summed E-state index contributed by atoms with van der Waals surface area (Å²) in [5.74, 6) is -1.27. The average molecular weight is 258 g/mol. The first kappa shape index (κ1) is 16.0. The molecule has 102 valence electrons. The van der Waals surface area contributed by atoms with Crippen LogP contribution in [0, 0.1) is 0 Å². The van der Waals surface area contributed by atoms with E-state index in [1.165, 1.54) is 0 Å². The van der Waals surface area contributed by atoms with Gasteiger partial charge in [-0.3, -0.25) is 0 Å². The number of carbonyl (C=O) groups excluding carboxylic acids is 3. The lowest BCUT2D eigenvalue weighted by Crippen LogP contribution is -2.37. The minimum atomic E-state index is -0.666. The van der Waals surface area contributed by atoms with Crippen LogP contribution in [0.1, 0.15) is 13.8 Å². The van der Waals surface area contributed by atoms with Gasteiger partial charge in [-0.2, -0.15) is 0 Å². The Hall–Kier alpha value is -2.05. The van der Waals surface area contributed by atoms with Crippen molar-refractivity contribution < 1.29 is 23.9 Å². The summed E-state index contributed by atoms with van der Waals surface area (Å²) in [5, 5.41) is 5.00. The van der Waals surface area contributed by atoms with Crippen LogP contribution >= 0.6 is 0 Å².